The van der Waals surface area contributed by atoms with Crippen LogP contribution in [0.1, 0.15) is 12.8 Å². The van der Waals surface area contributed by atoms with E-state index in [1.165, 1.54) is 22.5 Å². The lowest BCUT2D eigenvalue weighted by molar-refractivity contribution is -0.129. The summed E-state index contributed by atoms with van der Waals surface area (Å²) < 4.78 is 31.2. The molecule has 0 aromatic heterocycles. The van der Waals surface area contributed by atoms with Crippen LogP contribution in [-0.4, -0.2) is 61.8 Å². The van der Waals surface area contributed by atoms with Crippen molar-refractivity contribution in [2.24, 2.45) is 0 Å². The maximum atomic E-state index is 12.7. The van der Waals surface area contributed by atoms with E-state index in [-0.39, 0.29) is 15.6 Å². The van der Waals surface area contributed by atoms with Crippen LogP contribution in [0.25, 0.3) is 0 Å². The summed E-state index contributed by atoms with van der Waals surface area (Å²) >= 11 is 6.04. The largest absolute Gasteiger partial charge is 0.439 e. The average Bonchev–Trinajstić information content (AvgIpc) is 3.23. The summed E-state index contributed by atoms with van der Waals surface area (Å²) in [6.45, 7) is -0.0668. The van der Waals surface area contributed by atoms with Gasteiger partial charge < -0.3 is 10.1 Å². The van der Waals surface area contributed by atoms with Crippen LogP contribution in [0.4, 0.5) is 10.5 Å². The zero-order valence-corrected chi connectivity index (χ0v) is 15.2. The minimum atomic E-state index is -3.76. The Hall–Kier alpha value is -2.17. The number of nitrogens with zero attached hydrogens (tertiary/aromatic N) is 2. The van der Waals surface area contributed by atoms with Crippen LogP contribution in [0, 0.1) is 0 Å². The molecule has 3 amide bonds. The van der Waals surface area contributed by atoms with E-state index < -0.39 is 41.1 Å². The maximum absolute atomic E-state index is 12.7. The summed E-state index contributed by atoms with van der Waals surface area (Å²) in [5, 5.41) is 2.51. The molecule has 0 aliphatic carbocycles. The second-order valence-corrected chi connectivity index (χ2v) is 8.15. The van der Waals surface area contributed by atoms with Crippen LogP contribution in [0.5, 0.6) is 0 Å². The van der Waals surface area contributed by atoms with Crippen molar-refractivity contribution >= 4 is 45.2 Å². The number of halogens is 1. The third kappa shape index (κ3) is 3.67. The molecule has 3 rings (SSSR count). The van der Waals surface area contributed by atoms with Gasteiger partial charge in [-0.25, -0.2) is 18.1 Å². The fraction of sp³-hybridized carbons (Fsp3) is 0.400. The van der Waals surface area contributed by atoms with Crippen molar-refractivity contribution in [1.29, 1.82) is 0 Å². The van der Waals surface area contributed by atoms with E-state index in [1.807, 2.05) is 0 Å². The molecule has 0 radical (unpaired) electrons. The van der Waals surface area contributed by atoms with Gasteiger partial charge in [0.25, 0.3) is 5.91 Å². The van der Waals surface area contributed by atoms with Crippen molar-refractivity contribution in [3.8, 4) is 0 Å². The topological polar surface area (TPSA) is 113 Å². The van der Waals surface area contributed by atoms with E-state index in [0.717, 1.165) is 12.8 Å². The number of anilines is 1. The zero-order chi connectivity index (χ0) is 18.9. The predicted octanol–water partition coefficient (Wildman–Crippen LogP) is 1.04. The van der Waals surface area contributed by atoms with Crippen molar-refractivity contribution in [3.05, 3.63) is 23.2 Å². The number of imide groups is 1. The third-order valence-electron chi connectivity index (χ3n) is 4.04. The Bertz CT molecular complexity index is 850. The van der Waals surface area contributed by atoms with Crippen LogP contribution >= 0.6 is 11.6 Å². The van der Waals surface area contributed by atoms with Crippen LogP contribution < -0.4 is 5.32 Å². The standard InChI is InChI=1S/C15H16ClN3O6S/c16-11-4-3-10(7-12(11)26(23,24)18-5-1-2-6-18)17-13(20)8-19-14(21)9-25-15(19)22/h3-4,7H,1-2,5-6,8-9H2,(H,17,20). The lowest BCUT2D eigenvalue weighted by Crippen LogP contribution is -2.37. The van der Waals surface area contributed by atoms with Crippen LogP contribution in [-0.2, 0) is 24.3 Å². The second-order valence-electron chi connectivity index (χ2n) is 5.84. The molecule has 2 heterocycles. The first-order valence-corrected chi connectivity index (χ1v) is 9.67. The van der Waals surface area contributed by atoms with Crippen LogP contribution in [0.2, 0.25) is 5.02 Å². The Morgan fingerprint density at radius 2 is 1.92 bits per heavy atom. The van der Waals surface area contributed by atoms with Gasteiger partial charge in [0.15, 0.2) is 6.61 Å². The Morgan fingerprint density at radius 1 is 1.23 bits per heavy atom. The Balaban J connectivity index is 1.76. The molecule has 9 nitrogen and oxygen atoms in total. The highest BCUT2D eigenvalue weighted by atomic mass is 35.5. The van der Waals surface area contributed by atoms with Crippen molar-refractivity contribution in [2.45, 2.75) is 17.7 Å². The molecule has 140 valence electrons. The van der Waals surface area contributed by atoms with E-state index in [2.05, 4.69) is 10.1 Å². The number of sulfonamides is 1. The van der Waals surface area contributed by atoms with E-state index >= 15 is 0 Å². The molecule has 0 spiro atoms. The average molecular weight is 402 g/mol. The lowest BCUT2D eigenvalue weighted by Gasteiger charge is -2.17. The summed E-state index contributed by atoms with van der Waals surface area (Å²) in [7, 11) is -3.76. The number of nitrogens with one attached hydrogen (secondary N) is 1. The summed E-state index contributed by atoms with van der Waals surface area (Å²) in [5.74, 6) is -1.28. The van der Waals surface area contributed by atoms with Gasteiger partial charge in [-0.15, -0.1) is 0 Å². The first-order valence-electron chi connectivity index (χ1n) is 7.86. The van der Waals surface area contributed by atoms with Gasteiger partial charge in [-0.1, -0.05) is 11.6 Å². The van der Waals surface area contributed by atoms with Gasteiger partial charge >= 0.3 is 6.09 Å². The number of hydrogen-bond donors (Lipinski definition) is 1. The Kier molecular flexibility index (Phi) is 5.17. The third-order valence-corrected chi connectivity index (χ3v) is 6.42. The van der Waals surface area contributed by atoms with E-state index in [4.69, 9.17) is 11.6 Å². The van der Waals surface area contributed by atoms with E-state index in [0.29, 0.717) is 18.0 Å². The SMILES string of the molecule is O=C(CN1C(=O)COC1=O)Nc1ccc(Cl)c(S(=O)(=O)N2CCCC2)c1. The smallest absolute Gasteiger partial charge is 0.417 e. The molecule has 2 aliphatic heterocycles. The van der Waals surface area contributed by atoms with Crippen molar-refractivity contribution in [2.75, 3.05) is 31.6 Å². The molecule has 1 aromatic carbocycles. The highest BCUT2D eigenvalue weighted by Crippen LogP contribution is 2.29. The fourth-order valence-electron chi connectivity index (χ4n) is 2.72. The first-order chi connectivity index (χ1) is 12.3. The number of benzene rings is 1. The van der Waals surface area contributed by atoms with Crippen molar-refractivity contribution in [3.63, 3.8) is 0 Å². The molecule has 0 saturated carbocycles. The molecule has 2 aliphatic rings. The summed E-state index contributed by atoms with van der Waals surface area (Å²) in [4.78, 5) is 35.4. The molecular weight excluding hydrogens is 386 g/mol. The zero-order valence-electron chi connectivity index (χ0n) is 13.6. The molecule has 11 heteroatoms. The highest BCUT2D eigenvalue weighted by molar-refractivity contribution is 7.89. The van der Waals surface area contributed by atoms with Crippen LogP contribution in [0.3, 0.4) is 0 Å². The van der Waals surface area contributed by atoms with Gasteiger partial charge in [-0.3, -0.25) is 9.59 Å². The number of amides is 3. The lowest BCUT2D eigenvalue weighted by atomic mass is 10.3. The summed E-state index contributed by atoms with van der Waals surface area (Å²) in [5.41, 5.74) is 0.192. The van der Waals surface area contributed by atoms with Gasteiger partial charge in [0.1, 0.15) is 11.4 Å². The molecule has 26 heavy (non-hydrogen) atoms. The Morgan fingerprint density at radius 3 is 2.54 bits per heavy atom. The number of carbonyl (C=O) groups excluding carboxylic acids is 3. The number of ether oxygens (including phenoxy) is 1. The van der Waals surface area contributed by atoms with Gasteiger partial charge in [-0.05, 0) is 31.0 Å². The van der Waals surface area contributed by atoms with Crippen LogP contribution in [0.15, 0.2) is 23.1 Å². The van der Waals surface area contributed by atoms with Crippen molar-refractivity contribution in [1.82, 2.24) is 9.21 Å². The van der Waals surface area contributed by atoms with Gasteiger partial charge in [0, 0.05) is 18.8 Å². The summed E-state index contributed by atoms with van der Waals surface area (Å²) in [6.07, 6.45) is 0.680. The van der Waals surface area contributed by atoms with Gasteiger partial charge in [-0.2, -0.15) is 4.31 Å². The maximum Gasteiger partial charge on any atom is 0.417 e. The molecule has 2 saturated heterocycles. The summed E-state index contributed by atoms with van der Waals surface area (Å²) in [6, 6.07) is 4.07. The Labute approximate surface area is 154 Å². The minimum Gasteiger partial charge on any atom is -0.439 e. The minimum absolute atomic E-state index is 0.0493. The molecule has 2 fully saturated rings. The number of carbonyl (C=O) groups is 3. The molecular formula is C15H16ClN3O6S. The van der Waals surface area contributed by atoms with Crippen molar-refractivity contribution < 1.29 is 27.5 Å². The quantitative estimate of drug-likeness (QED) is 0.788. The first kappa shape index (κ1) is 18.6. The molecule has 0 bridgehead atoms. The highest BCUT2D eigenvalue weighted by Gasteiger charge is 2.33. The molecule has 0 unspecified atom stereocenters. The molecule has 0 atom stereocenters. The van der Waals surface area contributed by atoms with E-state index in [9.17, 15) is 22.8 Å². The predicted molar refractivity (Wildman–Crippen MR) is 91.1 cm³/mol. The normalized spacial score (nSPS) is 18.3. The molecule has 1 N–H and O–H groups in total. The number of hydrogen-bond acceptors (Lipinski definition) is 6. The van der Waals surface area contributed by atoms with E-state index in [1.54, 1.807) is 0 Å². The number of rotatable bonds is 5. The fourth-order valence-corrected chi connectivity index (χ4v) is 4.74. The number of cyclic esters (lactones) is 1. The monoisotopic (exact) mass is 401 g/mol. The van der Waals surface area contributed by atoms with Gasteiger partial charge in [0.2, 0.25) is 15.9 Å². The molecule has 1 aromatic rings. The van der Waals surface area contributed by atoms with Gasteiger partial charge in [0.05, 0.1) is 5.02 Å². The second kappa shape index (κ2) is 7.22.